The minimum absolute atomic E-state index is 0.572. The number of nitrogens with zero attached hydrogens (tertiary/aromatic N) is 2. The molecule has 0 aliphatic carbocycles. The van der Waals surface area contributed by atoms with Gasteiger partial charge in [0.1, 0.15) is 24.5 Å². The van der Waals surface area contributed by atoms with E-state index in [0.717, 1.165) is 22.3 Å². The fourth-order valence-corrected chi connectivity index (χ4v) is 3.42. The quantitative estimate of drug-likeness (QED) is 0.475. The summed E-state index contributed by atoms with van der Waals surface area (Å²) in [7, 11) is 3.21. The monoisotopic (exact) mass is 393 g/mol. The van der Waals surface area contributed by atoms with Crippen molar-refractivity contribution >= 4 is 33.7 Å². The molecule has 0 atom stereocenters. The Morgan fingerprint density at radius 1 is 0.964 bits per heavy atom. The summed E-state index contributed by atoms with van der Waals surface area (Å²) in [5.41, 5.74) is 1.67. The maximum atomic E-state index is 5.81. The van der Waals surface area contributed by atoms with Gasteiger partial charge >= 0.3 is 0 Å². The molecule has 2 aromatic heterocycles. The number of fused-ring (bicyclic) bond motifs is 1. The van der Waals surface area contributed by atoms with Gasteiger partial charge in [-0.3, -0.25) is 0 Å². The van der Waals surface area contributed by atoms with Crippen molar-refractivity contribution in [2.75, 3.05) is 19.5 Å². The lowest BCUT2D eigenvalue weighted by Crippen LogP contribution is -1.98. The standard InChI is InChI=1S/C21H19N3O3S/c1-25-19-10-17-18(11-20(19)26-2)22-13-23-21(17)24-14-5-7-15(8-6-14)27-12-16-4-3-9-28-16/h3-11,13H,12H2,1-2H3,(H,22,23,24). The predicted molar refractivity (Wildman–Crippen MR) is 111 cm³/mol. The van der Waals surface area contributed by atoms with E-state index in [1.54, 1.807) is 25.6 Å². The van der Waals surface area contributed by atoms with Gasteiger partial charge < -0.3 is 19.5 Å². The zero-order valence-corrected chi connectivity index (χ0v) is 16.3. The van der Waals surface area contributed by atoms with Gasteiger partial charge in [0.15, 0.2) is 11.5 Å². The van der Waals surface area contributed by atoms with E-state index in [1.165, 1.54) is 11.2 Å². The Bertz CT molecular complexity index is 1070. The molecular formula is C21H19N3O3S. The molecule has 0 aliphatic rings. The third-order valence-corrected chi connectivity index (χ3v) is 5.07. The highest BCUT2D eigenvalue weighted by atomic mass is 32.1. The molecule has 0 radical (unpaired) electrons. The fourth-order valence-electron chi connectivity index (χ4n) is 2.80. The molecule has 0 spiro atoms. The second kappa shape index (κ2) is 8.14. The summed E-state index contributed by atoms with van der Waals surface area (Å²) in [5.74, 6) is 2.77. The zero-order valence-electron chi connectivity index (χ0n) is 15.5. The second-order valence-corrected chi connectivity index (χ2v) is 7.00. The van der Waals surface area contributed by atoms with Gasteiger partial charge in [0.2, 0.25) is 0 Å². The molecule has 2 aromatic carbocycles. The number of rotatable bonds is 7. The van der Waals surface area contributed by atoms with Crippen molar-refractivity contribution in [2.24, 2.45) is 0 Å². The number of ether oxygens (including phenoxy) is 3. The molecule has 0 saturated heterocycles. The third-order valence-electron chi connectivity index (χ3n) is 4.22. The maximum Gasteiger partial charge on any atom is 0.162 e. The highest BCUT2D eigenvalue weighted by Crippen LogP contribution is 2.34. The van der Waals surface area contributed by atoms with Gasteiger partial charge in [-0.25, -0.2) is 9.97 Å². The van der Waals surface area contributed by atoms with Crippen LogP contribution in [0.2, 0.25) is 0 Å². The Morgan fingerprint density at radius 3 is 2.46 bits per heavy atom. The van der Waals surface area contributed by atoms with Gasteiger partial charge in [0, 0.05) is 22.0 Å². The van der Waals surface area contributed by atoms with Crippen LogP contribution < -0.4 is 19.5 Å². The number of anilines is 2. The largest absolute Gasteiger partial charge is 0.493 e. The summed E-state index contributed by atoms with van der Waals surface area (Å²) >= 11 is 1.68. The molecule has 142 valence electrons. The predicted octanol–water partition coefficient (Wildman–Crippen LogP) is 5.03. The first kappa shape index (κ1) is 18.1. The third kappa shape index (κ3) is 3.84. The summed E-state index contributed by atoms with van der Waals surface area (Å²) in [4.78, 5) is 9.90. The Morgan fingerprint density at radius 2 is 1.75 bits per heavy atom. The molecule has 0 fully saturated rings. The van der Waals surface area contributed by atoms with Crippen molar-refractivity contribution < 1.29 is 14.2 Å². The molecule has 0 unspecified atom stereocenters. The minimum atomic E-state index is 0.572. The normalized spacial score (nSPS) is 10.6. The van der Waals surface area contributed by atoms with Gasteiger partial charge in [-0.05, 0) is 41.8 Å². The van der Waals surface area contributed by atoms with Crippen LogP contribution in [0.25, 0.3) is 10.9 Å². The van der Waals surface area contributed by atoms with Gasteiger partial charge in [-0.15, -0.1) is 11.3 Å². The molecule has 4 rings (SSSR count). The highest BCUT2D eigenvalue weighted by Gasteiger charge is 2.11. The average molecular weight is 393 g/mol. The van der Waals surface area contributed by atoms with E-state index in [2.05, 4.69) is 21.4 Å². The first-order valence-corrected chi connectivity index (χ1v) is 9.54. The van der Waals surface area contributed by atoms with E-state index in [9.17, 15) is 0 Å². The topological polar surface area (TPSA) is 65.5 Å². The molecule has 7 heteroatoms. The van der Waals surface area contributed by atoms with Crippen LogP contribution >= 0.6 is 11.3 Å². The number of hydrogen-bond acceptors (Lipinski definition) is 7. The van der Waals surface area contributed by atoms with Gasteiger partial charge in [-0.2, -0.15) is 0 Å². The van der Waals surface area contributed by atoms with E-state index >= 15 is 0 Å². The fraction of sp³-hybridized carbons (Fsp3) is 0.143. The Balaban J connectivity index is 1.54. The van der Waals surface area contributed by atoms with Crippen molar-refractivity contribution in [1.29, 1.82) is 0 Å². The van der Waals surface area contributed by atoms with E-state index < -0.39 is 0 Å². The second-order valence-electron chi connectivity index (χ2n) is 5.96. The molecule has 0 saturated carbocycles. The Labute approximate surface area is 166 Å². The number of nitrogens with one attached hydrogen (secondary N) is 1. The molecule has 0 bridgehead atoms. The first-order chi connectivity index (χ1) is 13.8. The van der Waals surface area contributed by atoms with Crippen LogP contribution in [0.5, 0.6) is 17.2 Å². The number of methoxy groups -OCH3 is 2. The van der Waals surface area contributed by atoms with E-state index in [-0.39, 0.29) is 0 Å². The average Bonchev–Trinajstić information content (AvgIpc) is 3.26. The summed E-state index contributed by atoms with van der Waals surface area (Å²) in [6.07, 6.45) is 1.52. The summed E-state index contributed by atoms with van der Waals surface area (Å²) in [6.45, 7) is 0.572. The lowest BCUT2D eigenvalue weighted by atomic mass is 10.2. The summed E-state index contributed by atoms with van der Waals surface area (Å²) < 4.78 is 16.6. The molecule has 0 amide bonds. The molecule has 2 heterocycles. The highest BCUT2D eigenvalue weighted by molar-refractivity contribution is 7.09. The van der Waals surface area contributed by atoms with Crippen molar-refractivity contribution in [3.05, 3.63) is 65.1 Å². The van der Waals surface area contributed by atoms with Crippen molar-refractivity contribution in [2.45, 2.75) is 6.61 Å². The van der Waals surface area contributed by atoms with Crippen LogP contribution in [-0.2, 0) is 6.61 Å². The van der Waals surface area contributed by atoms with E-state index in [1.807, 2.05) is 47.8 Å². The number of benzene rings is 2. The number of thiophene rings is 1. The smallest absolute Gasteiger partial charge is 0.162 e. The van der Waals surface area contributed by atoms with Gasteiger partial charge in [0.05, 0.1) is 19.7 Å². The van der Waals surface area contributed by atoms with Crippen molar-refractivity contribution in [1.82, 2.24) is 9.97 Å². The van der Waals surface area contributed by atoms with Crippen molar-refractivity contribution in [3.63, 3.8) is 0 Å². The first-order valence-electron chi connectivity index (χ1n) is 8.66. The van der Waals surface area contributed by atoms with E-state index in [0.29, 0.717) is 23.9 Å². The van der Waals surface area contributed by atoms with Crippen LogP contribution in [0.3, 0.4) is 0 Å². The molecule has 0 aliphatic heterocycles. The number of hydrogen-bond donors (Lipinski definition) is 1. The van der Waals surface area contributed by atoms with Gasteiger partial charge in [-0.1, -0.05) is 6.07 Å². The molecular weight excluding hydrogens is 374 g/mol. The SMILES string of the molecule is COc1cc2ncnc(Nc3ccc(OCc4cccs4)cc3)c2cc1OC. The van der Waals surface area contributed by atoms with Crippen LogP contribution in [0, 0.1) is 0 Å². The summed E-state index contributed by atoms with van der Waals surface area (Å²) in [6, 6.07) is 15.6. The van der Waals surface area contributed by atoms with E-state index in [4.69, 9.17) is 14.2 Å². The van der Waals surface area contributed by atoms with Gasteiger partial charge in [0.25, 0.3) is 0 Å². The maximum absolute atomic E-state index is 5.81. The van der Waals surface area contributed by atoms with Crippen LogP contribution in [0.4, 0.5) is 11.5 Å². The molecule has 1 N–H and O–H groups in total. The molecule has 28 heavy (non-hydrogen) atoms. The number of aromatic nitrogens is 2. The zero-order chi connectivity index (χ0) is 19.3. The minimum Gasteiger partial charge on any atom is -0.493 e. The molecule has 4 aromatic rings. The summed E-state index contributed by atoms with van der Waals surface area (Å²) in [5, 5.41) is 6.22. The lowest BCUT2D eigenvalue weighted by molar-refractivity contribution is 0.310. The lowest BCUT2D eigenvalue weighted by Gasteiger charge is -2.12. The van der Waals surface area contributed by atoms with Crippen molar-refractivity contribution in [3.8, 4) is 17.2 Å². The van der Waals surface area contributed by atoms with Crippen LogP contribution in [0.1, 0.15) is 4.88 Å². The Kier molecular flexibility index (Phi) is 5.25. The molecule has 6 nitrogen and oxygen atoms in total. The van der Waals surface area contributed by atoms with Crippen LogP contribution in [-0.4, -0.2) is 24.2 Å². The van der Waals surface area contributed by atoms with Crippen LogP contribution in [0.15, 0.2) is 60.2 Å². The Hall–Kier alpha value is -3.32.